The Labute approximate surface area is 112 Å². The number of ether oxygens (including phenoxy) is 3. The van der Waals surface area contributed by atoms with E-state index in [9.17, 15) is 0 Å². The van der Waals surface area contributed by atoms with Crippen LogP contribution >= 0.6 is 11.3 Å². The van der Waals surface area contributed by atoms with Crippen molar-refractivity contribution >= 4 is 11.3 Å². The Morgan fingerprint density at radius 3 is 2.94 bits per heavy atom. The Balaban J connectivity index is 2.25. The number of aromatic nitrogens is 2. The van der Waals surface area contributed by atoms with Crippen LogP contribution in [-0.4, -0.2) is 49.8 Å². The van der Waals surface area contributed by atoms with Gasteiger partial charge in [0.1, 0.15) is 11.1 Å². The minimum atomic E-state index is -0.00722. The summed E-state index contributed by atoms with van der Waals surface area (Å²) < 4.78 is 15.8. The van der Waals surface area contributed by atoms with Crippen molar-refractivity contribution in [3.05, 3.63) is 5.01 Å². The second kappa shape index (κ2) is 9.21. The fourth-order valence-corrected chi connectivity index (χ4v) is 1.97. The van der Waals surface area contributed by atoms with Crippen molar-refractivity contribution < 1.29 is 14.2 Å². The number of methoxy groups -OCH3 is 1. The Hall–Kier alpha value is -0.760. The van der Waals surface area contributed by atoms with E-state index < -0.39 is 0 Å². The van der Waals surface area contributed by atoms with Gasteiger partial charge >= 0.3 is 0 Å². The zero-order chi connectivity index (χ0) is 13.2. The van der Waals surface area contributed by atoms with Crippen molar-refractivity contribution in [2.45, 2.75) is 26.5 Å². The summed E-state index contributed by atoms with van der Waals surface area (Å²) in [6, 6.07) is 0. The lowest BCUT2D eigenvalue weighted by Crippen LogP contribution is -2.18. The maximum atomic E-state index is 5.59. The smallest absolute Gasteiger partial charge is 0.294 e. The molecule has 1 aromatic heterocycles. The summed E-state index contributed by atoms with van der Waals surface area (Å²) in [5.41, 5.74) is 0. The molecule has 0 aliphatic rings. The molecule has 0 saturated heterocycles. The van der Waals surface area contributed by atoms with E-state index in [1.807, 2.05) is 13.8 Å². The molecule has 18 heavy (non-hydrogen) atoms. The molecule has 0 radical (unpaired) electrons. The summed E-state index contributed by atoms with van der Waals surface area (Å²) in [7, 11) is 1.68. The highest BCUT2D eigenvalue weighted by Crippen LogP contribution is 2.18. The van der Waals surface area contributed by atoms with Crippen LogP contribution in [0.15, 0.2) is 0 Å². The number of nitrogens with one attached hydrogen (secondary N) is 1. The molecule has 0 aliphatic carbocycles. The number of hydrogen-bond acceptors (Lipinski definition) is 7. The van der Waals surface area contributed by atoms with Crippen molar-refractivity contribution in [1.29, 1.82) is 0 Å². The molecule has 1 heterocycles. The largest absolute Gasteiger partial charge is 0.463 e. The molecule has 0 aliphatic heterocycles. The number of nitrogens with zero attached hydrogens (tertiary/aromatic N) is 2. The molecule has 1 atom stereocenters. The molecule has 1 aromatic rings. The highest BCUT2D eigenvalue weighted by molar-refractivity contribution is 7.13. The molecule has 6 nitrogen and oxygen atoms in total. The van der Waals surface area contributed by atoms with Crippen LogP contribution < -0.4 is 10.1 Å². The normalized spacial score (nSPS) is 12.6. The summed E-state index contributed by atoms with van der Waals surface area (Å²) in [6.07, 6.45) is -0.00722. The zero-order valence-corrected chi connectivity index (χ0v) is 12.0. The Morgan fingerprint density at radius 1 is 1.39 bits per heavy atom. The molecular formula is C11H21N3O3S. The third-order valence-electron chi connectivity index (χ3n) is 2.07. The predicted octanol–water partition coefficient (Wildman–Crippen LogP) is 1.08. The van der Waals surface area contributed by atoms with Crippen LogP contribution in [0.2, 0.25) is 0 Å². The van der Waals surface area contributed by atoms with E-state index in [-0.39, 0.29) is 6.10 Å². The second-order valence-corrected chi connectivity index (χ2v) is 4.74. The Morgan fingerprint density at radius 2 is 2.22 bits per heavy atom. The monoisotopic (exact) mass is 275 g/mol. The molecule has 1 N–H and O–H groups in total. The van der Waals surface area contributed by atoms with Gasteiger partial charge in [-0.15, -0.1) is 5.10 Å². The molecule has 0 aromatic carbocycles. The van der Waals surface area contributed by atoms with Crippen LogP contribution in [0.25, 0.3) is 0 Å². The average molecular weight is 275 g/mol. The summed E-state index contributed by atoms with van der Waals surface area (Å²) in [6.45, 7) is 7.34. The quantitative estimate of drug-likeness (QED) is 0.645. The Bertz CT molecular complexity index is 322. The van der Waals surface area contributed by atoms with Gasteiger partial charge in [0.15, 0.2) is 0 Å². The number of rotatable bonds is 10. The van der Waals surface area contributed by atoms with Gasteiger partial charge in [0.2, 0.25) is 0 Å². The maximum absolute atomic E-state index is 5.59. The maximum Gasteiger partial charge on any atom is 0.294 e. The molecule has 1 rings (SSSR count). The standard InChI is InChI=1S/C11H21N3O3S/c1-4-16-8-9(2)17-11-14-13-10(18-11)7-12-5-6-15-3/h9,12H,4-8H2,1-3H3. The van der Waals surface area contributed by atoms with E-state index in [0.29, 0.717) is 31.6 Å². The van der Waals surface area contributed by atoms with Crippen molar-refractivity contribution in [3.63, 3.8) is 0 Å². The van der Waals surface area contributed by atoms with Crippen LogP contribution in [0.3, 0.4) is 0 Å². The lowest BCUT2D eigenvalue weighted by Gasteiger charge is -2.10. The molecule has 7 heteroatoms. The third-order valence-corrected chi connectivity index (χ3v) is 2.88. The first-order valence-corrected chi connectivity index (χ1v) is 6.84. The summed E-state index contributed by atoms with van der Waals surface area (Å²) in [5, 5.41) is 12.7. The van der Waals surface area contributed by atoms with Crippen molar-refractivity contribution in [2.75, 3.05) is 33.5 Å². The van der Waals surface area contributed by atoms with Gasteiger partial charge in [-0.2, -0.15) is 0 Å². The zero-order valence-electron chi connectivity index (χ0n) is 11.1. The minimum Gasteiger partial charge on any atom is -0.463 e. The van der Waals surface area contributed by atoms with Crippen LogP contribution in [0.1, 0.15) is 18.9 Å². The van der Waals surface area contributed by atoms with Gasteiger partial charge in [0.05, 0.1) is 13.2 Å². The molecular weight excluding hydrogens is 254 g/mol. The fraction of sp³-hybridized carbons (Fsp3) is 0.818. The van der Waals surface area contributed by atoms with Crippen molar-refractivity contribution in [3.8, 4) is 5.19 Å². The summed E-state index contributed by atoms with van der Waals surface area (Å²) >= 11 is 1.45. The first-order chi connectivity index (χ1) is 8.76. The lowest BCUT2D eigenvalue weighted by atomic mass is 10.4. The molecule has 104 valence electrons. The molecule has 0 fully saturated rings. The third kappa shape index (κ3) is 6.25. The van der Waals surface area contributed by atoms with E-state index in [4.69, 9.17) is 14.2 Å². The van der Waals surface area contributed by atoms with Crippen LogP contribution in [0.5, 0.6) is 5.19 Å². The second-order valence-electron chi connectivity index (χ2n) is 3.72. The highest BCUT2D eigenvalue weighted by atomic mass is 32.1. The van der Waals surface area contributed by atoms with E-state index in [2.05, 4.69) is 15.5 Å². The molecule has 0 amide bonds. The first-order valence-electron chi connectivity index (χ1n) is 6.02. The average Bonchev–Trinajstić information content (AvgIpc) is 2.80. The van der Waals surface area contributed by atoms with E-state index in [0.717, 1.165) is 11.6 Å². The van der Waals surface area contributed by atoms with Gasteiger partial charge in [-0.3, -0.25) is 0 Å². The number of hydrogen-bond donors (Lipinski definition) is 1. The molecule has 0 bridgehead atoms. The van der Waals surface area contributed by atoms with Gasteiger partial charge in [0, 0.05) is 26.8 Å². The van der Waals surface area contributed by atoms with Gasteiger partial charge in [0.25, 0.3) is 5.19 Å². The van der Waals surface area contributed by atoms with Gasteiger partial charge in [-0.25, -0.2) is 0 Å². The fourth-order valence-electron chi connectivity index (χ4n) is 1.22. The van der Waals surface area contributed by atoms with Gasteiger partial charge in [-0.05, 0) is 13.8 Å². The van der Waals surface area contributed by atoms with Crippen LogP contribution in [-0.2, 0) is 16.0 Å². The minimum absolute atomic E-state index is 0.00722. The summed E-state index contributed by atoms with van der Waals surface area (Å²) in [5.74, 6) is 0. The topological polar surface area (TPSA) is 65.5 Å². The summed E-state index contributed by atoms with van der Waals surface area (Å²) in [4.78, 5) is 0. The molecule has 0 spiro atoms. The van der Waals surface area contributed by atoms with Crippen LogP contribution in [0, 0.1) is 0 Å². The predicted molar refractivity (Wildman–Crippen MR) is 70.1 cm³/mol. The van der Waals surface area contributed by atoms with Crippen molar-refractivity contribution in [1.82, 2.24) is 15.5 Å². The molecule has 0 saturated carbocycles. The van der Waals surface area contributed by atoms with E-state index in [1.165, 1.54) is 11.3 Å². The first kappa shape index (κ1) is 15.3. The highest BCUT2D eigenvalue weighted by Gasteiger charge is 2.09. The van der Waals surface area contributed by atoms with E-state index in [1.54, 1.807) is 7.11 Å². The van der Waals surface area contributed by atoms with E-state index >= 15 is 0 Å². The van der Waals surface area contributed by atoms with Crippen LogP contribution in [0.4, 0.5) is 0 Å². The SMILES string of the molecule is CCOCC(C)Oc1nnc(CNCCOC)s1. The van der Waals surface area contributed by atoms with Gasteiger partial charge < -0.3 is 19.5 Å². The van der Waals surface area contributed by atoms with Crippen molar-refractivity contribution in [2.24, 2.45) is 0 Å². The molecule has 1 unspecified atom stereocenters. The Kier molecular flexibility index (Phi) is 7.83. The lowest BCUT2D eigenvalue weighted by molar-refractivity contribution is 0.0652. The van der Waals surface area contributed by atoms with Gasteiger partial charge in [-0.1, -0.05) is 16.4 Å².